The molecule has 0 radical (unpaired) electrons. The van der Waals surface area contributed by atoms with E-state index in [0.29, 0.717) is 11.8 Å². The molecule has 0 amide bonds. The Morgan fingerprint density at radius 3 is 2.86 bits per heavy atom. The topological polar surface area (TPSA) is 17.1 Å². The van der Waals surface area contributed by atoms with Gasteiger partial charge in [-0.3, -0.25) is 4.79 Å². The zero-order valence-electron chi connectivity index (χ0n) is 13.6. The van der Waals surface area contributed by atoms with Crippen LogP contribution in [0, 0.1) is 40.9 Å². The lowest BCUT2D eigenvalue weighted by atomic mass is 9.48. The molecule has 114 valence electrons. The number of hydrogen-bond acceptors (Lipinski definition) is 1. The van der Waals surface area contributed by atoms with Gasteiger partial charge in [-0.25, -0.2) is 0 Å². The molecule has 4 aliphatic carbocycles. The van der Waals surface area contributed by atoms with Gasteiger partial charge in [0.05, 0.1) is 0 Å². The molecular weight excluding hydrogens is 268 g/mol. The van der Waals surface area contributed by atoms with Gasteiger partial charge in [-0.1, -0.05) is 37.5 Å². The maximum Gasteiger partial charge on any atom is 0.178 e. The van der Waals surface area contributed by atoms with Crippen molar-refractivity contribution in [3.05, 3.63) is 35.5 Å². The fourth-order valence-corrected chi connectivity index (χ4v) is 5.99. The Kier molecular flexibility index (Phi) is 2.86. The van der Waals surface area contributed by atoms with Gasteiger partial charge in [0, 0.05) is 16.4 Å². The first kappa shape index (κ1) is 14.1. The molecule has 0 unspecified atom stereocenters. The Bertz CT molecular complexity index is 671. The molecular formula is C21H24O. The van der Waals surface area contributed by atoms with E-state index in [-0.39, 0.29) is 16.6 Å². The molecule has 0 spiro atoms. The van der Waals surface area contributed by atoms with Gasteiger partial charge in [0.2, 0.25) is 0 Å². The summed E-state index contributed by atoms with van der Waals surface area (Å²) < 4.78 is 0. The van der Waals surface area contributed by atoms with Crippen LogP contribution in [0.25, 0.3) is 0 Å². The maximum atomic E-state index is 11.7. The third-order valence-electron chi connectivity index (χ3n) is 7.29. The molecule has 1 nitrogen and oxygen atoms in total. The van der Waals surface area contributed by atoms with Crippen LogP contribution < -0.4 is 0 Å². The molecule has 1 heteroatoms. The van der Waals surface area contributed by atoms with Gasteiger partial charge in [0.25, 0.3) is 0 Å². The molecule has 0 N–H and O–H groups in total. The molecule has 0 saturated heterocycles. The van der Waals surface area contributed by atoms with Crippen LogP contribution in [0.2, 0.25) is 0 Å². The monoisotopic (exact) mass is 292 g/mol. The molecule has 2 fully saturated rings. The predicted octanol–water partition coefficient (Wildman–Crippen LogP) is 4.46. The molecule has 0 aromatic rings. The number of ketones is 1. The highest BCUT2D eigenvalue weighted by molar-refractivity contribution is 6.01. The number of carbonyl (C=O) groups excluding carboxylic acids is 1. The van der Waals surface area contributed by atoms with Gasteiger partial charge in [-0.05, 0) is 62.0 Å². The van der Waals surface area contributed by atoms with Crippen molar-refractivity contribution >= 4 is 5.78 Å². The highest BCUT2D eigenvalue weighted by atomic mass is 16.1. The normalized spacial score (nSPS) is 46.0. The Morgan fingerprint density at radius 2 is 2.09 bits per heavy atom. The second-order valence-electron chi connectivity index (χ2n) is 8.06. The summed E-state index contributed by atoms with van der Waals surface area (Å²) in [6.45, 7) is 4.74. The summed E-state index contributed by atoms with van der Waals surface area (Å²) in [5, 5.41) is 0. The minimum absolute atomic E-state index is 0.0943. The van der Waals surface area contributed by atoms with Crippen molar-refractivity contribution in [2.75, 3.05) is 0 Å². The Morgan fingerprint density at radius 1 is 1.27 bits per heavy atom. The zero-order valence-corrected chi connectivity index (χ0v) is 13.6. The molecule has 0 aromatic heterocycles. The van der Waals surface area contributed by atoms with Gasteiger partial charge in [-0.2, -0.15) is 0 Å². The summed E-state index contributed by atoms with van der Waals surface area (Å²) >= 11 is 0. The van der Waals surface area contributed by atoms with Crippen LogP contribution in [0.3, 0.4) is 0 Å². The van der Waals surface area contributed by atoms with E-state index in [1.54, 1.807) is 6.08 Å². The molecule has 2 saturated carbocycles. The van der Waals surface area contributed by atoms with Crippen molar-refractivity contribution in [1.82, 2.24) is 0 Å². The van der Waals surface area contributed by atoms with E-state index in [4.69, 9.17) is 6.42 Å². The quantitative estimate of drug-likeness (QED) is 0.602. The van der Waals surface area contributed by atoms with Crippen LogP contribution in [0.4, 0.5) is 0 Å². The van der Waals surface area contributed by atoms with E-state index in [1.807, 2.05) is 6.08 Å². The van der Waals surface area contributed by atoms with Crippen LogP contribution in [0.1, 0.15) is 46.0 Å². The van der Waals surface area contributed by atoms with Crippen molar-refractivity contribution in [2.45, 2.75) is 46.0 Å². The standard InChI is InChI=1S/C21H24O/c1-4-14-6-8-18-17-7-5-15-13-16(22)9-11-21(15,3)19(17)10-12-20(14,18)2/h1,6,9,11,13,17-19H,5,7-8,10,12H2,2-3H3/t17-,18-,19-,20+,21-/m0/s1. The number of fused-ring (bicyclic) bond motifs is 5. The first-order valence-electron chi connectivity index (χ1n) is 8.60. The minimum Gasteiger partial charge on any atom is -0.290 e. The molecule has 4 aliphatic rings. The lowest BCUT2D eigenvalue weighted by Gasteiger charge is -2.56. The number of terminal acetylenes is 1. The molecule has 5 atom stereocenters. The molecule has 0 bridgehead atoms. The fraction of sp³-hybridized carbons (Fsp3) is 0.571. The summed E-state index contributed by atoms with van der Waals surface area (Å²) in [7, 11) is 0. The van der Waals surface area contributed by atoms with Crippen molar-refractivity contribution in [3.63, 3.8) is 0 Å². The van der Waals surface area contributed by atoms with E-state index in [0.717, 1.165) is 18.8 Å². The predicted molar refractivity (Wildman–Crippen MR) is 88.9 cm³/mol. The van der Waals surface area contributed by atoms with Crippen LogP contribution in [-0.4, -0.2) is 5.78 Å². The molecule has 0 heterocycles. The van der Waals surface area contributed by atoms with Crippen LogP contribution in [0.5, 0.6) is 0 Å². The summed E-state index contributed by atoms with van der Waals surface area (Å²) in [6.07, 6.45) is 19.9. The number of carbonyl (C=O) groups is 1. The zero-order chi connectivity index (χ0) is 15.5. The summed E-state index contributed by atoms with van der Waals surface area (Å²) in [4.78, 5) is 11.7. The number of allylic oxidation sites excluding steroid dienone is 6. The van der Waals surface area contributed by atoms with Crippen molar-refractivity contribution in [1.29, 1.82) is 0 Å². The Hall–Kier alpha value is -1.55. The average Bonchev–Trinajstić information content (AvgIpc) is 2.84. The maximum absolute atomic E-state index is 11.7. The van der Waals surface area contributed by atoms with Gasteiger partial charge in [0.1, 0.15) is 0 Å². The van der Waals surface area contributed by atoms with E-state index in [9.17, 15) is 4.79 Å². The van der Waals surface area contributed by atoms with Gasteiger partial charge < -0.3 is 0 Å². The highest BCUT2D eigenvalue weighted by Gasteiger charge is 2.56. The third-order valence-corrected chi connectivity index (χ3v) is 7.29. The second-order valence-corrected chi connectivity index (χ2v) is 8.06. The Labute approximate surface area is 133 Å². The number of rotatable bonds is 0. The van der Waals surface area contributed by atoms with E-state index in [1.165, 1.54) is 30.4 Å². The lowest BCUT2D eigenvalue weighted by molar-refractivity contribution is -0.111. The highest BCUT2D eigenvalue weighted by Crippen LogP contribution is 2.64. The second kappa shape index (κ2) is 4.48. The van der Waals surface area contributed by atoms with E-state index in [2.05, 4.69) is 31.9 Å². The first-order valence-corrected chi connectivity index (χ1v) is 8.60. The minimum atomic E-state index is 0.0943. The fourth-order valence-electron chi connectivity index (χ4n) is 5.99. The van der Waals surface area contributed by atoms with Crippen molar-refractivity contribution < 1.29 is 4.79 Å². The van der Waals surface area contributed by atoms with E-state index < -0.39 is 0 Å². The van der Waals surface area contributed by atoms with Gasteiger partial charge >= 0.3 is 0 Å². The van der Waals surface area contributed by atoms with Gasteiger partial charge in [-0.15, -0.1) is 6.42 Å². The molecule has 22 heavy (non-hydrogen) atoms. The lowest BCUT2D eigenvalue weighted by Crippen LogP contribution is -2.49. The van der Waals surface area contributed by atoms with Crippen LogP contribution >= 0.6 is 0 Å². The number of hydrogen-bond donors (Lipinski definition) is 0. The van der Waals surface area contributed by atoms with Crippen LogP contribution in [-0.2, 0) is 4.79 Å². The smallest absolute Gasteiger partial charge is 0.178 e. The van der Waals surface area contributed by atoms with Crippen molar-refractivity contribution in [3.8, 4) is 12.3 Å². The molecule has 4 rings (SSSR count). The van der Waals surface area contributed by atoms with Crippen LogP contribution in [0.15, 0.2) is 35.5 Å². The summed E-state index contributed by atoms with van der Waals surface area (Å²) in [5.74, 6) is 5.23. The summed E-state index contributed by atoms with van der Waals surface area (Å²) in [6, 6.07) is 0. The van der Waals surface area contributed by atoms with E-state index >= 15 is 0 Å². The SMILES string of the molecule is C#CC1=CC[C@H]2[C@@H]3CCC4=CC(=O)C=C[C@]4(C)[C@H]3CC[C@]12C. The average molecular weight is 292 g/mol. The third kappa shape index (κ3) is 1.64. The largest absolute Gasteiger partial charge is 0.290 e. The molecule has 0 aliphatic heterocycles. The molecule has 0 aromatic carbocycles. The van der Waals surface area contributed by atoms with Crippen molar-refractivity contribution in [2.24, 2.45) is 28.6 Å². The summed E-state index contributed by atoms with van der Waals surface area (Å²) in [5.41, 5.74) is 2.93. The Balaban J connectivity index is 1.71. The van der Waals surface area contributed by atoms with Gasteiger partial charge in [0.15, 0.2) is 5.78 Å². The first-order chi connectivity index (χ1) is 10.5.